The highest BCUT2D eigenvalue weighted by atomic mass is 16.3. The van der Waals surface area contributed by atoms with Crippen molar-refractivity contribution < 1.29 is 5.11 Å². The number of fused-ring (bicyclic) bond motifs is 2. The quantitative estimate of drug-likeness (QED) is 0.573. The third-order valence-electron chi connectivity index (χ3n) is 5.06. The summed E-state index contributed by atoms with van der Waals surface area (Å²) < 4.78 is 0. The second-order valence-corrected chi connectivity index (χ2v) is 5.42. The highest BCUT2D eigenvalue weighted by Crippen LogP contribution is 2.66. The topological polar surface area (TPSA) is 46.2 Å². The summed E-state index contributed by atoms with van der Waals surface area (Å²) in [4.78, 5) is 0. The molecule has 0 radical (unpaired) electrons. The zero-order valence-corrected chi connectivity index (χ0v) is 8.22. The van der Waals surface area contributed by atoms with Crippen LogP contribution in [0, 0.1) is 10.8 Å². The summed E-state index contributed by atoms with van der Waals surface area (Å²) in [5, 5.41) is 9.90. The zero-order chi connectivity index (χ0) is 9.20. The Hall–Kier alpha value is -0.0800. The monoisotopic (exact) mass is 169 g/mol. The SMILES string of the molecule is CC1(C)[C@@]2(N)CC[C@]1(C)[C@H](O)C2. The Labute approximate surface area is 74.1 Å². The zero-order valence-electron chi connectivity index (χ0n) is 8.22. The molecule has 70 valence electrons. The molecule has 2 rings (SSSR count). The van der Waals surface area contributed by atoms with Crippen molar-refractivity contribution in [3.63, 3.8) is 0 Å². The van der Waals surface area contributed by atoms with E-state index in [9.17, 15) is 5.11 Å². The third kappa shape index (κ3) is 0.612. The van der Waals surface area contributed by atoms with Crippen molar-refractivity contribution in [3.05, 3.63) is 0 Å². The molecule has 0 heterocycles. The Bertz CT molecular complexity index is 223. The smallest absolute Gasteiger partial charge is 0.0617 e. The fourth-order valence-corrected chi connectivity index (χ4v) is 3.19. The van der Waals surface area contributed by atoms with Crippen molar-refractivity contribution in [1.29, 1.82) is 0 Å². The molecule has 2 saturated carbocycles. The predicted molar refractivity (Wildman–Crippen MR) is 48.7 cm³/mol. The van der Waals surface area contributed by atoms with Crippen LogP contribution in [-0.2, 0) is 0 Å². The first kappa shape index (κ1) is 8.52. The van der Waals surface area contributed by atoms with Gasteiger partial charge in [0.05, 0.1) is 6.10 Å². The molecule has 0 aromatic heterocycles. The van der Waals surface area contributed by atoms with E-state index in [1.165, 1.54) is 0 Å². The van der Waals surface area contributed by atoms with Crippen LogP contribution in [0.15, 0.2) is 0 Å². The van der Waals surface area contributed by atoms with Gasteiger partial charge in [0.1, 0.15) is 0 Å². The standard InChI is InChI=1S/C10H19NO/c1-8(2)9(3)4-5-10(8,11)6-7(9)12/h7,12H,4-6,11H2,1-3H3/t7-,9-,10-/m1/s1. The van der Waals surface area contributed by atoms with Crippen molar-refractivity contribution in [2.45, 2.75) is 51.7 Å². The summed E-state index contributed by atoms with van der Waals surface area (Å²) in [7, 11) is 0. The van der Waals surface area contributed by atoms with Gasteiger partial charge in [-0.25, -0.2) is 0 Å². The normalized spacial score (nSPS) is 56.2. The number of aliphatic hydroxyl groups is 1. The Balaban J connectivity index is 2.49. The maximum atomic E-state index is 9.90. The Kier molecular flexibility index (Phi) is 1.33. The first-order chi connectivity index (χ1) is 5.33. The minimum absolute atomic E-state index is 0.0573. The summed E-state index contributed by atoms with van der Waals surface area (Å²) in [6.45, 7) is 6.59. The molecule has 0 unspecified atom stereocenters. The van der Waals surface area contributed by atoms with E-state index in [1.807, 2.05) is 0 Å². The van der Waals surface area contributed by atoms with E-state index in [4.69, 9.17) is 5.73 Å². The van der Waals surface area contributed by atoms with Gasteiger partial charge in [0.25, 0.3) is 0 Å². The molecular weight excluding hydrogens is 150 g/mol. The molecule has 0 aliphatic heterocycles. The Morgan fingerprint density at radius 3 is 2.00 bits per heavy atom. The van der Waals surface area contributed by atoms with Gasteiger partial charge in [-0.05, 0) is 24.7 Å². The van der Waals surface area contributed by atoms with E-state index >= 15 is 0 Å². The molecule has 3 atom stereocenters. The number of hydrogen-bond donors (Lipinski definition) is 2. The van der Waals surface area contributed by atoms with Crippen LogP contribution in [0.1, 0.15) is 40.0 Å². The first-order valence-corrected chi connectivity index (χ1v) is 4.80. The van der Waals surface area contributed by atoms with E-state index in [2.05, 4.69) is 20.8 Å². The Morgan fingerprint density at radius 2 is 1.83 bits per heavy atom. The van der Waals surface area contributed by atoms with Crippen molar-refractivity contribution in [1.82, 2.24) is 0 Å². The largest absolute Gasteiger partial charge is 0.392 e. The molecule has 2 bridgehead atoms. The molecule has 2 aliphatic rings. The van der Waals surface area contributed by atoms with Gasteiger partial charge < -0.3 is 10.8 Å². The second-order valence-electron chi connectivity index (χ2n) is 5.42. The van der Waals surface area contributed by atoms with E-state index in [0.29, 0.717) is 0 Å². The van der Waals surface area contributed by atoms with Crippen molar-refractivity contribution >= 4 is 0 Å². The molecule has 3 N–H and O–H groups in total. The molecule has 0 amide bonds. The van der Waals surface area contributed by atoms with Crippen LogP contribution in [-0.4, -0.2) is 16.7 Å². The van der Waals surface area contributed by atoms with Gasteiger partial charge in [0.2, 0.25) is 0 Å². The molecule has 12 heavy (non-hydrogen) atoms. The van der Waals surface area contributed by atoms with Gasteiger partial charge in [-0.3, -0.25) is 0 Å². The van der Waals surface area contributed by atoms with Crippen LogP contribution >= 0.6 is 0 Å². The van der Waals surface area contributed by atoms with Gasteiger partial charge in [-0.15, -0.1) is 0 Å². The third-order valence-corrected chi connectivity index (χ3v) is 5.06. The lowest BCUT2D eigenvalue weighted by Gasteiger charge is -2.39. The maximum Gasteiger partial charge on any atom is 0.0617 e. The number of rotatable bonds is 0. The van der Waals surface area contributed by atoms with Gasteiger partial charge in [-0.1, -0.05) is 20.8 Å². The summed E-state index contributed by atoms with van der Waals surface area (Å²) in [6, 6.07) is 0. The minimum atomic E-state index is -0.189. The van der Waals surface area contributed by atoms with E-state index in [0.717, 1.165) is 19.3 Å². The second kappa shape index (κ2) is 1.88. The van der Waals surface area contributed by atoms with Crippen molar-refractivity contribution in [3.8, 4) is 0 Å². The van der Waals surface area contributed by atoms with Crippen LogP contribution in [0.4, 0.5) is 0 Å². The fraction of sp³-hybridized carbons (Fsp3) is 1.00. The molecule has 2 heteroatoms. The van der Waals surface area contributed by atoms with Crippen LogP contribution in [0.5, 0.6) is 0 Å². The average molecular weight is 169 g/mol. The minimum Gasteiger partial charge on any atom is -0.392 e. The molecule has 0 saturated heterocycles. The number of hydrogen-bond acceptors (Lipinski definition) is 2. The molecule has 0 aromatic rings. The summed E-state index contributed by atoms with van der Waals surface area (Å²) in [5.74, 6) is 0. The predicted octanol–water partition coefficient (Wildman–Crippen LogP) is 1.27. The van der Waals surface area contributed by atoms with Gasteiger partial charge in [-0.2, -0.15) is 0 Å². The fourth-order valence-electron chi connectivity index (χ4n) is 3.19. The van der Waals surface area contributed by atoms with E-state index < -0.39 is 0 Å². The van der Waals surface area contributed by atoms with Crippen LogP contribution < -0.4 is 5.73 Å². The lowest BCUT2D eigenvalue weighted by molar-refractivity contribution is 0.0124. The summed E-state index contributed by atoms with van der Waals surface area (Å²) in [6.07, 6.45) is 2.76. The van der Waals surface area contributed by atoms with Crippen LogP contribution in [0.3, 0.4) is 0 Å². The van der Waals surface area contributed by atoms with Crippen molar-refractivity contribution in [2.75, 3.05) is 0 Å². The van der Waals surface area contributed by atoms with Crippen LogP contribution in [0.25, 0.3) is 0 Å². The highest BCUT2D eigenvalue weighted by Gasteiger charge is 2.67. The van der Waals surface area contributed by atoms with Crippen molar-refractivity contribution in [2.24, 2.45) is 16.6 Å². The Morgan fingerprint density at radius 1 is 1.25 bits per heavy atom. The van der Waals surface area contributed by atoms with Gasteiger partial charge in [0, 0.05) is 11.0 Å². The molecule has 0 spiro atoms. The van der Waals surface area contributed by atoms with E-state index in [-0.39, 0.29) is 22.5 Å². The average Bonchev–Trinajstić information content (AvgIpc) is 2.18. The van der Waals surface area contributed by atoms with Gasteiger partial charge in [0.15, 0.2) is 0 Å². The molecule has 2 fully saturated rings. The lowest BCUT2D eigenvalue weighted by atomic mass is 9.68. The summed E-state index contributed by atoms with van der Waals surface area (Å²) >= 11 is 0. The molecule has 2 aliphatic carbocycles. The highest BCUT2D eigenvalue weighted by molar-refractivity contribution is 5.21. The molecule has 2 nitrogen and oxygen atoms in total. The molecular formula is C10H19NO. The number of nitrogens with two attached hydrogens (primary N) is 1. The number of aliphatic hydroxyl groups excluding tert-OH is 1. The lowest BCUT2D eigenvalue weighted by Crippen LogP contribution is -2.47. The first-order valence-electron chi connectivity index (χ1n) is 4.80. The maximum absolute atomic E-state index is 9.90. The van der Waals surface area contributed by atoms with Crippen LogP contribution in [0.2, 0.25) is 0 Å². The molecule has 0 aromatic carbocycles. The van der Waals surface area contributed by atoms with E-state index in [1.54, 1.807) is 0 Å². The van der Waals surface area contributed by atoms with Gasteiger partial charge >= 0.3 is 0 Å². The summed E-state index contributed by atoms with van der Waals surface area (Å²) in [5.41, 5.74) is 6.34.